The molecule has 3 nitrogen and oxygen atoms in total. The third-order valence-corrected chi connectivity index (χ3v) is 2.24. The quantitative estimate of drug-likeness (QED) is 0.481. The fourth-order valence-corrected chi connectivity index (χ4v) is 1.49. The minimum atomic E-state index is -2.58. The molecule has 1 rings (SSSR count). The van der Waals surface area contributed by atoms with Gasteiger partial charge in [-0.15, -0.1) is 0 Å². The predicted octanol–water partition coefficient (Wildman–Crippen LogP) is 2.09. The summed E-state index contributed by atoms with van der Waals surface area (Å²) in [5.41, 5.74) is 0. The average molecular weight is 179 g/mol. The van der Waals surface area contributed by atoms with Crippen LogP contribution < -0.4 is 0 Å². The minimum absolute atomic E-state index is 0.139. The van der Waals surface area contributed by atoms with Gasteiger partial charge in [0, 0.05) is 23.7 Å². The Labute approximate surface area is 68.9 Å². The molecule has 70 valence electrons. The maximum atomic E-state index is 12.5. The molecule has 0 aromatic rings. The maximum Gasteiger partial charge on any atom is 0.248 e. The lowest BCUT2D eigenvalue weighted by molar-refractivity contribution is -0.489. The lowest BCUT2D eigenvalue weighted by Crippen LogP contribution is -2.28. The van der Waals surface area contributed by atoms with Crippen molar-refractivity contribution in [3.63, 3.8) is 0 Å². The molecule has 0 aromatic heterocycles. The van der Waals surface area contributed by atoms with Gasteiger partial charge < -0.3 is 0 Å². The molecule has 1 saturated carbocycles. The first kappa shape index (κ1) is 9.35. The highest BCUT2D eigenvalue weighted by Gasteiger charge is 2.36. The topological polar surface area (TPSA) is 43.1 Å². The van der Waals surface area contributed by atoms with E-state index in [1.54, 1.807) is 0 Å². The number of nitro groups is 1. The van der Waals surface area contributed by atoms with Gasteiger partial charge in [0.25, 0.3) is 0 Å². The molecule has 1 aliphatic rings. The number of halogens is 2. The van der Waals surface area contributed by atoms with Gasteiger partial charge in [0.1, 0.15) is 0 Å². The van der Waals surface area contributed by atoms with E-state index >= 15 is 0 Å². The molecule has 5 heteroatoms. The summed E-state index contributed by atoms with van der Waals surface area (Å²) in [6.07, 6.45) is 0.193. The SMILES string of the molecule is O=[N+]([O-])CC1CCC(F)(F)CC1. The maximum absolute atomic E-state index is 12.5. The molecule has 0 N–H and O–H groups in total. The summed E-state index contributed by atoms with van der Waals surface area (Å²) in [5, 5.41) is 10.0. The normalized spacial score (nSPS) is 23.8. The largest absolute Gasteiger partial charge is 0.265 e. The van der Waals surface area contributed by atoms with Crippen molar-refractivity contribution in [2.24, 2.45) is 5.92 Å². The van der Waals surface area contributed by atoms with Crippen molar-refractivity contribution in [1.29, 1.82) is 0 Å². The lowest BCUT2D eigenvalue weighted by atomic mass is 9.87. The van der Waals surface area contributed by atoms with Crippen LogP contribution in [0.15, 0.2) is 0 Å². The van der Waals surface area contributed by atoms with Crippen LogP contribution in [0, 0.1) is 16.0 Å². The van der Waals surface area contributed by atoms with E-state index < -0.39 is 10.8 Å². The van der Waals surface area contributed by atoms with Gasteiger partial charge >= 0.3 is 0 Å². The van der Waals surface area contributed by atoms with E-state index in [4.69, 9.17) is 0 Å². The van der Waals surface area contributed by atoms with Crippen molar-refractivity contribution in [1.82, 2.24) is 0 Å². The van der Waals surface area contributed by atoms with Crippen LogP contribution in [0.3, 0.4) is 0 Å². The van der Waals surface area contributed by atoms with E-state index in [2.05, 4.69) is 0 Å². The Kier molecular flexibility index (Phi) is 2.59. The first-order chi connectivity index (χ1) is 5.49. The molecule has 0 amide bonds. The van der Waals surface area contributed by atoms with Gasteiger partial charge in [-0.1, -0.05) is 0 Å². The second kappa shape index (κ2) is 3.33. The van der Waals surface area contributed by atoms with Gasteiger partial charge in [-0.3, -0.25) is 10.1 Å². The third kappa shape index (κ3) is 2.71. The van der Waals surface area contributed by atoms with Crippen LogP contribution in [0.2, 0.25) is 0 Å². The minimum Gasteiger partial charge on any atom is -0.265 e. The molecule has 0 aromatic carbocycles. The van der Waals surface area contributed by atoms with E-state index in [1.807, 2.05) is 0 Å². The first-order valence-corrected chi connectivity index (χ1v) is 3.99. The second-order valence-electron chi connectivity index (χ2n) is 3.31. The van der Waals surface area contributed by atoms with Crippen LogP contribution in [0.25, 0.3) is 0 Å². The number of nitrogens with zero attached hydrogens (tertiary/aromatic N) is 1. The average Bonchev–Trinajstić information content (AvgIpc) is 1.93. The molecule has 0 saturated heterocycles. The first-order valence-electron chi connectivity index (χ1n) is 3.99. The Balaban J connectivity index is 2.31. The van der Waals surface area contributed by atoms with Crippen LogP contribution in [0.4, 0.5) is 8.78 Å². The molecule has 0 unspecified atom stereocenters. The summed E-state index contributed by atoms with van der Waals surface area (Å²) in [6.45, 7) is -0.157. The van der Waals surface area contributed by atoms with Crippen molar-refractivity contribution in [2.75, 3.05) is 6.54 Å². The zero-order valence-corrected chi connectivity index (χ0v) is 6.63. The highest BCUT2D eigenvalue weighted by atomic mass is 19.3. The third-order valence-electron chi connectivity index (χ3n) is 2.24. The van der Waals surface area contributed by atoms with Crippen LogP contribution in [0.5, 0.6) is 0 Å². The van der Waals surface area contributed by atoms with Gasteiger partial charge in [0.15, 0.2) is 0 Å². The smallest absolute Gasteiger partial charge is 0.248 e. The van der Waals surface area contributed by atoms with E-state index in [9.17, 15) is 18.9 Å². The van der Waals surface area contributed by atoms with Crippen molar-refractivity contribution in [3.05, 3.63) is 10.1 Å². The molecule has 0 radical (unpaired) electrons. The summed E-state index contributed by atoms with van der Waals surface area (Å²) >= 11 is 0. The van der Waals surface area contributed by atoms with E-state index in [-0.39, 0.29) is 38.1 Å². The van der Waals surface area contributed by atoms with Crippen molar-refractivity contribution < 1.29 is 13.7 Å². The molecule has 0 atom stereocenters. The second-order valence-corrected chi connectivity index (χ2v) is 3.31. The van der Waals surface area contributed by atoms with Gasteiger partial charge in [0.2, 0.25) is 12.5 Å². The molecule has 12 heavy (non-hydrogen) atoms. The van der Waals surface area contributed by atoms with Gasteiger partial charge in [-0.2, -0.15) is 0 Å². The van der Waals surface area contributed by atoms with Gasteiger partial charge in [-0.25, -0.2) is 8.78 Å². The van der Waals surface area contributed by atoms with Crippen LogP contribution >= 0.6 is 0 Å². The Morgan fingerprint density at radius 1 is 1.42 bits per heavy atom. The monoisotopic (exact) mass is 179 g/mol. The van der Waals surface area contributed by atoms with Crippen molar-refractivity contribution >= 4 is 0 Å². The fraction of sp³-hybridized carbons (Fsp3) is 1.00. The summed E-state index contributed by atoms with van der Waals surface area (Å²) < 4.78 is 25.1. The molecule has 0 bridgehead atoms. The van der Waals surface area contributed by atoms with Crippen molar-refractivity contribution in [2.45, 2.75) is 31.6 Å². The van der Waals surface area contributed by atoms with Gasteiger partial charge in [0.05, 0.1) is 0 Å². The molecule has 0 aliphatic heterocycles. The highest BCUT2D eigenvalue weighted by molar-refractivity contribution is 4.76. The van der Waals surface area contributed by atoms with Gasteiger partial charge in [-0.05, 0) is 12.8 Å². The standard InChI is InChI=1S/C7H11F2NO2/c8-7(9)3-1-6(2-4-7)5-10(11)12/h6H,1-5H2. The Morgan fingerprint density at radius 2 is 1.92 bits per heavy atom. The van der Waals surface area contributed by atoms with Crippen LogP contribution in [0.1, 0.15) is 25.7 Å². The van der Waals surface area contributed by atoms with E-state index in [0.717, 1.165) is 0 Å². The molecule has 1 fully saturated rings. The molecule has 0 spiro atoms. The number of rotatable bonds is 2. The van der Waals surface area contributed by atoms with E-state index in [0.29, 0.717) is 0 Å². The summed E-state index contributed by atoms with van der Waals surface area (Å²) in [7, 11) is 0. The lowest BCUT2D eigenvalue weighted by Gasteiger charge is -2.25. The summed E-state index contributed by atoms with van der Waals surface area (Å²) in [5.74, 6) is -2.72. The number of hydrogen-bond acceptors (Lipinski definition) is 2. The molecule has 0 heterocycles. The van der Waals surface area contributed by atoms with Crippen LogP contribution in [-0.4, -0.2) is 17.4 Å². The zero-order valence-electron chi connectivity index (χ0n) is 6.63. The molecule has 1 aliphatic carbocycles. The highest BCUT2D eigenvalue weighted by Crippen LogP contribution is 2.35. The predicted molar refractivity (Wildman–Crippen MR) is 38.8 cm³/mol. The Bertz CT molecular complexity index is 174. The number of alkyl halides is 2. The molecular weight excluding hydrogens is 168 g/mol. The Hall–Kier alpha value is -0.740. The molecular formula is C7H11F2NO2. The number of hydrogen-bond donors (Lipinski definition) is 0. The van der Waals surface area contributed by atoms with Crippen molar-refractivity contribution in [3.8, 4) is 0 Å². The zero-order chi connectivity index (χ0) is 9.19. The summed E-state index contributed by atoms with van der Waals surface area (Å²) in [6, 6.07) is 0. The van der Waals surface area contributed by atoms with Crippen LogP contribution in [-0.2, 0) is 0 Å². The Morgan fingerprint density at radius 3 is 2.33 bits per heavy atom. The summed E-state index contributed by atoms with van der Waals surface area (Å²) in [4.78, 5) is 9.62. The fourth-order valence-electron chi connectivity index (χ4n) is 1.49. The van der Waals surface area contributed by atoms with E-state index in [1.165, 1.54) is 0 Å².